The second kappa shape index (κ2) is 8.65. The van der Waals surface area contributed by atoms with E-state index in [1.165, 1.54) is 24.7 Å². The summed E-state index contributed by atoms with van der Waals surface area (Å²) in [5.41, 5.74) is -0.104. The van der Waals surface area contributed by atoms with Crippen molar-refractivity contribution in [1.82, 2.24) is 20.2 Å². The Bertz CT molecular complexity index is 940. The third-order valence-electron chi connectivity index (χ3n) is 4.58. The van der Waals surface area contributed by atoms with Crippen LogP contribution >= 0.6 is 0 Å². The molecule has 162 valence electrons. The largest absolute Gasteiger partial charge is 0.573 e. The summed E-state index contributed by atoms with van der Waals surface area (Å²) in [7, 11) is 1.50. The standard InChI is InChI=1S/C17H19F3N6O4/c1-9-11(15(28)22-16-23-24-25-26(16)2)3-4-12(30-17(18,19)20)13(9)21-14(27)10-5-7-29-8-6-10/h3-4,10H,5-8H2,1-2H3,(H,21,27)(H,22,23,25,28). The molecule has 10 nitrogen and oxygen atoms in total. The van der Waals surface area contributed by atoms with Crippen LogP contribution in [0.3, 0.4) is 0 Å². The van der Waals surface area contributed by atoms with Crippen molar-refractivity contribution in [3.8, 4) is 5.75 Å². The molecular formula is C17H19F3N6O4. The van der Waals surface area contributed by atoms with Gasteiger partial charge in [-0.2, -0.15) is 0 Å². The van der Waals surface area contributed by atoms with Crippen molar-refractivity contribution in [2.75, 3.05) is 23.8 Å². The average Bonchev–Trinajstić information content (AvgIpc) is 3.08. The first-order valence-corrected chi connectivity index (χ1v) is 8.97. The maximum absolute atomic E-state index is 12.8. The van der Waals surface area contributed by atoms with E-state index in [9.17, 15) is 22.8 Å². The number of hydrogen-bond acceptors (Lipinski definition) is 7. The van der Waals surface area contributed by atoms with Crippen molar-refractivity contribution in [1.29, 1.82) is 0 Å². The van der Waals surface area contributed by atoms with E-state index in [1.54, 1.807) is 0 Å². The lowest BCUT2D eigenvalue weighted by Gasteiger charge is -2.23. The molecule has 1 aliphatic heterocycles. The van der Waals surface area contributed by atoms with Crippen molar-refractivity contribution in [3.05, 3.63) is 23.3 Å². The predicted octanol–water partition coefficient (Wildman–Crippen LogP) is 2.03. The number of aryl methyl sites for hydroxylation is 1. The molecule has 1 aliphatic rings. The first kappa shape index (κ1) is 21.5. The van der Waals surface area contributed by atoms with Gasteiger partial charge in [-0.15, -0.1) is 13.2 Å². The Kier molecular flexibility index (Phi) is 6.20. The summed E-state index contributed by atoms with van der Waals surface area (Å²) < 4.78 is 49.0. The average molecular weight is 428 g/mol. The first-order chi connectivity index (χ1) is 14.2. The van der Waals surface area contributed by atoms with Gasteiger partial charge in [-0.25, -0.2) is 4.68 Å². The molecule has 2 amide bonds. The van der Waals surface area contributed by atoms with Crippen LogP contribution < -0.4 is 15.4 Å². The van der Waals surface area contributed by atoms with E-state index in [0.29, 0.717) is 26.1 Å². The minimum atomic E-state index is -4.97. The summed E-state index contributed by atoms with van der Waals surface area (Å²) in [6.07, 6.45) is -4.09. The van der Waals surface area contributed by atoms with Gasteiger partial charge >= 0.3 is 6.36 Å². The minimum absolute atomic E-state index is 0.0230. The molecule has 30 heavy (non-hydrogen) atoms. The van der Waals surface area contributed by atoms with Crippen molar-refractivity contribution in [3.63, 3.8) is 0 Å². The molecule has 2 N–H and O–H groups in total. The Morgan fingerprint density at radius 3 is 2.53 bits per heavy atom. The van der Waals surface area contributed by atoms with E-state index in [-0.39, 0.29) is 22.8 Å². The monoisotopic (exact) mass is 428 g/mol. The fourth-order valence-electron chi connectivity index (χ4n) is 2.99. The van der Waals surface area contributed by atoms with Crippen LogP contribution in [0.2, 0.25) is 0 Å². The second-order valence-corrected chi connectivity index (χ2v) is 6.62. The minimum Gasteiger partial charge on any atom is -0.404 e. The zero-order valence-electron chi connectivity index (χ0n) is 16.1. The van der Waals surface area contributed by atoms with Gasteiger partial charge in [0.05, 0.1) is 5.69 Å². The summed E-state index contributed by atoms with van der Waals surface area (Å²) in [4.78, 5) is 25.2. The zero-order chi connectivity index (χ0) is 21.9. The number of carbonyl (C=O) groups excluding carboxylic acids is 2. The number of amides is 2. The van der Waals surface area contributed by atoms with Crippen LogP contribution in [0.4, 0.5) is 24.8 Å². The number of rotatable bonds is 5. The third kappa shape index (κ3) is 5.03. The van der Waals surface area contributed by atoms with Crippen LogP contribution in [0.25, 0.3) is 0 Å². The molecule has 0 spiro atoms. The molecule has 1 aromatic heterocycles. The maximum Gasteiger partial charge on any atom is 0.573 e. The number of carbonyl (C=O) groups is 2. The lowest BCUT2D eigenvalue weighted by Crippen LogP contribution is -2.29. The molecule has 1 fully saturated rings. The quantitative estimate of drug-likeness (QED) is 0.748. The number of alkyl halides is 3. The normalized spacial score (nSPS) is 15.0. The molecule has 3 rings (SSSR count). The molecule has 0 saturated carbocycles. The van der Waals surface area contributed by atoms with E-state index in [4.69, 9.17) is 4.74 Å². The van der Waals surface area contributed by atoms with Gasteiger partial charge in [0.2, 0.25) is 11.9 Å². The maximum atomic E-state index is 12.8. The molecule has 0 atom stereocenters. The smallest absolute Gasteiger partial charge is 0.404 e. The molecule has 1 aromatic carbocycles. The lowest BCUT2D eigenvalue weighted by molar-refractivity contribution is -0.274. The Balaban J connectivity index is 1.91. The van der Waals surface area contributed by atoms with Gasteiger partial charge in [0.25, 0.3) is 5.91 Å². The van der Waals surface area contributed by atoms with Crippen LogP contribution in [-0.2, 0) is 16.6 Å². The lowest BCUT2D eigenvalue weighted by atomic mass is 9.98. The van der Waals surface area contributed by atoms with Gasteiger partial charge in [0.1, 0.15) is 0 Å². The summed E-state index contributed by atoms with van der Waals surface area (Å²) >= 11 is 0. The molecule has 0 aliphatic carbocycles. The number of ether oxygens (including phenoxy) is 2. The van der Waals surface area contributed by atoms with Crippen molar-refractivity contribution < 1.29 is 32.2 Å². The third-order valence-corrected chi connectivity index (χ3v) is 4.58. The second-order valence-electron chi connectivity index (χ2n) is 6.62. The van der Waals surface area contributed by atoms with Crippen LogP contribution in [0, 0.1) is 12.8 Å². The van der Waals surface area contributed by atoms with E-state index in [1.807, 2.05) is 0 Å². The van der Waals surface area contributed by atoms with Gasteiger partial charge in [-0.05, 0) is 47.9 Å². The van der Waals surface area contributed by atoms with E-state index >= 15 is 0 Å². The van der Waals surface area contributed by atoms with E-state index < -0.39 is 29.8 Å². The highest BCUT2D eigenvalue weighted by Crippen LogP contribution is 2.35. The fourth-order valence-corrected chi connectivity index (χ4v) is 2.99. The summed E-state index contributed by atoms with van der Waals surface area (Å²) in [5.74, 6) is -2.12. The summed E-state index contributed by atoms with van der Waals surface area (Å²) in [6, 6.07) is 2.14. The highest BCUT2D eigenvalue weighted by atomic mass is 19.4. The first-order valence-electron chi connectivity index (χ1n) is 8.97. The number of hydrogen-bond donors (Lipinski definition) is 2. The van der Waals surface area contributed by atoms with E-state index in [0.717, 1.165) is 6.07 Å². The van der Waals surface area contributed by atoms with Gasteiger partial charge in [0, 0.05) is 31.7 Å². The topological polar surface area (TPSA) is 120 Å². The zero-order valence-corrected chi connectivity index (χ0v) is 16.1. The molecule has 1 saturated heterocycles. The van der Waals surface area contributed by atoms with Crippen LogP contribution in [0.15, 0.2) is 12.1 Å². The highest BCUT2D eigenvalue weighted by molar-refractivity contribution is 6.06. The Labute approximate surface area is 168 Å². The van der Waals surface area contributed by atoms with Crippen molar-refractivity contribution >= 4 is 23.5 Å². The number of nitrogens with one attached hydrogen (secondary N) is 2. The summed E-state index contributed by atoms with van der Waals surface area (Å²) in [5, 5.41) is 15.5. The number of aromatic nitrogens is 4. The van der Waals surface area contributed by atoms with Gasteiger partial charge in [-0.3, -0.25) is 14.9 Å². The van der Waals surface area contributed by atoms with Gasteiger partial charge in [-0.1, -0.05) is 5.10 Å². The SMILES string of the molecule is Cc1c(C(=O)Nc2nnnn2C)ccc(OC(F)(F)F)c1NC(=O)C1CCOCC1. The number of tetrazole rings is 1. The Hall–Kier alpha value is -3.22. The van der Waals surface area contributed by atoms with Gasteiger partial charge < -0.3 is 14.8 Å². The molecule has 0 unspecified atom stereocenters. The summed E-state index contributed by atoms with van der Waals surface area (Å²) in [6.45, 7) is 2.18. The molecular weight excluding hydrogens is 409 g/mol. The van der Waals surface area contributed by atoms with Crippen molar-refractivity contribution in [2.45, 2.75) is 26.1 Å². The number of anilines is 2. The van der Waals surface area contributed by atoms with E-state index in [2.05, 4.69) is 30.9 Å². The number of nitrogens with zero attached hydrogens (tertiary/aromatic N) is 4. The van der Waals surface area contributed by atoms with Crippen LogP contribution in [-0.4, -0.2) is 51.6 Å². The van der Waals surface area contributed by atoms with Gasteiger partial charge in [0.15, 0.2) is 5.75 Å². The molecule has 0 radical (unpaired) electrons. The molecule has 2 heterocycles. The Morgan fingerprint density at radius 2 is 1.93 bits per heavy atom. The van der Waals surface area contributed by atoms with Crippen LogP contribution in [0.5, 0.6) is 5.75 Å². The van der Waals surface area contributed by atoms with Crippen molar-refractivity contribution in [2.24, 2.45) is 13.0 Å². The number of benzene rings is 1. The predicted molar refractivity (Wildman–Crippen MR) is 96.8 cm³/mol. The Morgan fingerprint density at radius 1 is 1.23 bits per heavy atom. The highest BCUT2D eigenvalue weighted by Gasteiger charge is 2.34. The van der Waals surface area contributed by atoms with Crippen LogP contribution in [0.1, 0.15) is 28.8 Å². The number of halogens is 3. The molecule has 0 bridgehead atoms. The molecule has 2 aromatic rings. The fraction of sp³-hybridized carbons (Fsp3) is 0.471. The molecule has 13 heteroatoms.